The van der Waals surface area contributed by atoms with Crippen LogP contribution in [0.5, 0.6) is 0 Å². The van der Waals surface area contributed by atoms with Crippen LogP contribution in [0.4, 0.5) is 8.78 Å². The average molecular weight is 130 g/mol. The molecule has 0 saturated heterocycles. The highest BCUT2D eigenvalue weighted by atomic mass is 19.1. The molecule has 0 bridgehead atoms. The van der Waals surface area contributed by atoms with Crippen molar-refractivity contribution in [2.24, 2.45) is 0 Å². The van der Waals surface area contributed by atoms with Crippen LogP contribution in [0.15, 0.2) is 24.1 Å². The van der Waals surface area contributed by atoms with Gasteiger partial charge in [-0.25, -0.2) is 8.78 Å². The largest absolute Gasteiger partial charge is 0.239 e. The van der Waals surface area contributed by atoms with Gasteiger partial charge in [-0.1, -0.05) is 6.08 Å². The molecular formula is C7H8F2. The summed E-state index contributed by atoms with van der Waals surface area (Å²) in [6.07, 6.45) is 4.05. The molecule has 1 aliphatic carbocycles. The van der Waals surface area contributed by atoms with Crippen LogP contribution in [-0.4, -0.2) is 5.67 Å². The first-order valence-corrected chi connectivity index (χ1v) is 2.84. The minimum absolute atomic E-state index is 0.278. The maximum atomic E-state index is 12.8. The Morgan fingerprint density at radius 3 is 2.67 bits per heavy atom. The molecule has 1 rings (SSSR count). The zero-order valence-corrected chi connectivity index (χ0v) is 5.20. The summed E-state index contributed by atoms with van der Waals surface area (Å²) in [6.45, 7) is 1.36. The summed E-state index contributed by atoms with van der Waals surface area (Å²) in [6, 6.07) is 0. The molecule has 0 saturated carbocycles. The van der Waals surface area contributed by atoms with E-state index in [1.54, 1.807) is 0 Å². The van der Waals surface area contributed by atoms with Crippen LogP contribution >= 0.6 is 0 Å². The zero-order chi connectivity index (χ0) is 6.91. The normalized spacial score (nSPS) is 34.3. The van der Waals surface area contributed by atoms with Crippen molar-refractivity contribution in [3.05, 3.63) is 24.1 Å². The van der Waals surface area contributed by atoms with Crippen molar-refractivity contribution in [2.45, 2.75) is 19.0 Å². The predicted octanol–water partition coefficient (Wildman–Crippen LogP) is 2.53. The number of halogens is 2. The first kappa shape index (κ1) is 6.46. The standard InChI is InChI=1S/C7H8F2/c1-7(9)4-2-3-6(8)5-7/h2-3,5H,4H2,1H3/t7-/m1/s1. The summed E-state index contributed by atoms with van der Waals surface area (Å²) in [5.41, 5.74) is -1.47. The summed E-state index contributed by atoms with van der Waals surface area (Å²) in [7, 11) is 0. The van der Waals surface area contributed by atoms with Crippen LogP contribution in [0.25, 0.3) is 0 Å². The van der Waals surface area contributed by atoms with Crippen LogP contribution in [0.1, 0.15) is 13.3 Å². The Labute approximate surface area is 52.9 Å². The van der Waals surface area contributed by atoms with Gasteiger partial charge in [-0.15, -0.1) is 0 Å². The molecule has 0 aromatic carbocycles. The van der Waals surface area contributed by atoms with E-state index in [1.165, 1.54) is 19.1 Å². The van der Waals surface area contributed by atoms with Gasteiger partial charge in [0.1, 0.15) is 11.5 Å². The number of alkyl halides is 1. The van der Waals surface area contributed by atoms with Crippen molar-refractivity contribution in [1.82, 2.24) is 0 Å². The third-order valence-electron chi connectivity index (χ3n) is 1.23. The Morgan fingerprint density at radius 1 is 1.67 bits per heavy atom. The van der Waals surface area contributed by atoms with Gasteiger partial charge < -0.3 is 0 Å². The minimum Gasteiger partial charge on any atom is -0.239 e. The van der Waals surface area contributed by atoms with Gasteiger partial charge in [-0.3, -0.25) is 0 Å². The van der Waals surface area contributed by atoms with Crippen LogP contribution in [0, 0.1) is 0 Å². The zero-order valence-electron chi connectivity index (χ0n) is 5.20. The fraction of sp³-hybridized carbons (Fsp3) is 0.429. The second-order valence-electron chi connectivity index (χ2n) is 2.41. The summed E-state index contributed by atoms with van der Waals surface area (Å²) in [4.78, 5) is 0. The van der Waals surface area contributed by atoms with E-state index in [-0.39, 0.29) is 6.42 Å². The van der Waals surface area contributed by atoms with E-state index in [4.69, 9.17) is 0 Å². The van der Waals surface area contributed by atoms with Crippen molar-refractivity contribution in [3.8, 4) is 0 Å². The molecule has 0 spiro atoms. The van der Waals surface area contributed by atoms with Gasteiger partial charge in [0.05, 0.1) is 0 Å². The summed E-state index contributed by atoms with van der Waals surface area (Å²) in [5, 5.41) is 0. The third-order valence-corrected chi connectivity index (χ3v) is 1.23. The lowest BCUT2D eigenvalue weighted by atomic mass is 10.00. The number of hydrogen-bond acceptors (Lipinski definition) is 0. The van der Waals surface area contributed by atoms with E-state index < -0.39 is 11.5 Å². The van der Waals surface area contributed by atoms with E-state index in [1.807, 2.05) is 0 Å². The summed E-state index contributed by atoms with van der Waals surface area (Å²) in [5.74, 6) is -0.480. The van der Waals surface area contributed by atoms with Crippen LogP contribution in [0.2, 0.25) is 0 Å². The second-order valence-corrected chi connectivity index (χ2v) is 2.41. The summed E-state index contributed by atoms with van der Waals surface area (Å²) < 4.78 is 25.0. The van der Waals surface area contributed by atoms with E-state index in [0.717, 1.165) is 6.08 Å². The van der Waals surface area contributed by atoms with Crippen molar-refractivity contribution in [1.29, 1.82) is 0 Å². The van der Waals surface area contributed by atoms with Gasteiger partial charge >= 0.3 is 0 Å². The van der Waals surface area contributed by atoms with E-state index >= 15 is 0 Å². The quantitative estimate of drug-likeness (QED) is 0.472. The molecule has 0 unspecified atom stereocenters. The molecule has 1 atom stereocenters. The molecule has 9 heavy (non-hydrogen) atoms. The molecule has 0 aromatic rings. The fourth-order valence-electron chi connectivity index (χ4n) is 0.796. The molecule has 1 aliphatic rings. The molecule has 0 N–H and O–H groups in total. The molecule has 0 aliphatic heterocycles. The topological polar surface area (TPSA) is 0 Å². The SMILES string of the molecule is C[C@]1(F)C=C(F)C=CC1. The minimum atomic E-state index is -1.47. The fourth-order valence-corrected chi connectivity index (χ4v) is 0.796. The van der Waals surface area contributed by atoms with Crippen LogP contribution < -0.4 is 0 Å². The van der Waals surface area contributed by atoms with Gasteiger partial charge in [0.15, 0.2) is 0 Å². The Morgan fingerprint density at radius 2 is 2.33 bits per heavy atom. The average Bonchev–Trinajstić information content (AvgIpc) is 1.60. The van der Waals surface area contributed by atoms with E-state index in [9.17, 15) is 8.78 Å². The lowest BCUT2D eigenvalue weighted by molar-refractivity contribution is 0.254. The number of hydrogen-bond donors (Lipinski definition) is 0. The van der Waals surface area contributed by atoms with Gasteiger partial charge in [-0.2, -0.15) is 0 Å². The van der Waals surface area contributed by atoms with E-state index in [0.29, 0.717) is 0 Å². The molecule has 0 heterocycles. The third kappa shape index (κ3) is 1.63. The lowest BCUT2D eigenvalue weighted by Gasteiger charge is -2.15. The molecule has 50 valence electrons. The van der Waals surface area contributed by atoms with E-state index in [2.05, 4.69) is 0 Å². The molecule has 0 radical (unpaired) electrons. The highest BCUT2D eigenvalue weighted by molar-refractivity contribution is 5.22. The van der Waals surface area contributed by atoms with Crippen LogP contribution in [-0.2, 0) is 0 Å². The highest BCUT2D eigenvalue weighted by Crippen LogP contribution is 2.24. The smallest absolute Gasteiger partial charge is 0.132 e. The predicted molar refractivity (Wildman–Crippen MR) is 32.5 cm³/mol. The highest BCUT2D eigenvalue weighted by Gasteiger charge is 2.21. The number of rotatable bonds is 0. The van der Waals surface area contributed by atoms with Crippen molar-refractivity contribution < 1.29 is 8.78 Å². The van der Waals surface area contributed by atoms with Crippen molar-refractivity contribution in [2.75, 3.05) is 0 Å². The molecule has 0 aromatic heterocycles. The monoisotopic (exact) mass is 130 g/mol. The molecule has 2 heteroatoms. The van der Waals surface area contributed by atoms with Gasteiger partial charge in [-0.05, 0) is 19.1 Å². The molecule has 0 amide bonds. The van der Waals surface area contributed by atoms with Crippen molar-refractivity contribution in [3.63, 3.8) is 0 Å². The molecular weight excluding hydrogens is 122 g/mol. The van der Waals surface area contributed by atoms with Gasteiger partial charge in [0, 0.05) is 6.42 Å². The second kappa shape index (κ2) is 1.94. The van der Waals surface area contributed by atoms with Crippen molar-refractivity contribution >= 4 is 0 Å². The van der Waals surface area contributed by atoms with Crippen LogP contribution in [0.3, 0.4) is 0 Å². The van der Waals surface area contributed by atoms with Gasteiger partial charge in [0.25, 0.3) is 0 Å². The molecule has 0 fully saturated rings. The Balaban J connectivity index is 2.78. The maximum absolute atomic E-state index is 12.8. The Hall–Kier alpha value is -0.660. The van der Waals surface area contributed by atoms with Gasteiger partial charge in [0.2, 0.25) is 0 Å². The Bertz CT molecular complexity index is 166. The lowest BCUT2D eigenvalue weighted by Crippen LogP contribution is -2.14. The summed E-state index contributed by atoms with van der Waals surface area (Å²) >= 11 is 0. The maximum Gasteiger partial charge on any atom is 0.132 e. The first-order chi connectivity index (χ1) is 4.10. The molecule has 0 nitrogen and oxygen atoms in total. The first-order valence-electron chi connectivity index (χ1n) is 2.84. The number of allylic oxidation sites excluding steroid dienone is 4. The Kier molecular flexibility index (Phi) is 1.39.